The minimum atomic E-state index is -0.908. The molecular weight excluding hydrogens is 238 g/mol. The first-order valence-electron chi connectivity index (χ1n) is 2.00. The Bertz CT molecular complexity index is 101. The van der Waals surface area contributed by atoms with Gasteiger partial charge < -0.3 is 5.11 Å². The third-order valence-corrected chi connectivity index (χ3v) is 3.01. The average Bonchev–Trinajstić information content (AvgIpc) is 1.84. The van der Waals surface area contributed by atoms with Crippen molar-refractivity contribution < 1.29 is 5.11 Å². The van der Waals surface area contributed by atoms with Gasteiger partial charge in [0.25, 0.3) is 0 Å². The third kappa shape index (κ3) is 2.65. The van der Waals surface area contributed by atoms with E-state index in [1.807, 2.05) is 0 Å². The summed E-state index contributed by atoms with van der Waals surface area (Å²) in [5.74, 6) is 0. The molecule has 0 aliphatic carbocycles. The molecule has 2 atom stereocenters. The molecule has 0 fully saturated rings. The van der Waals surface area contributed by atoms with E-state index in [1.54, 1.807) is 6.07 Å². The van der Waals surface area contributed by atoms with Crippen molar-refractivity contribution in [3.8, 4) is 6.07 Å². The Labute approximate surface area is 64.8 Å². The van der Waals surface area contributed by atoms with E-state index in [1.165, 1.54) is 0 Å². The van der Waals surface area contributed by atoms with Crippen molar-refractivity contribution in [3.05, 3.63) is 0 Å². The summed E-state index contributed by atoms with van der Waals surface area (Å²) in [4.78, 5) is -0.160. The molecule has 0 rings (SSSR count). The van der Waals surface area contributed by atoms with E-state index in [9.17, 15) is 0 Å². The maximum atomic E-state index is 8.69. The van der Waals surface area contributed by atoms with Crippen molar-refractivity contribution >= 4 is 31.9 Å². The molecule has 0 aromatic carbocycles. The number of nitriles is 1. The van der Waals surface area contributed by atoms with Gasteiger partial charge in [0.05, 0.1) is 10.9 Å². The van der Waals surface area contributed by atoms with Crippen LogP contribution in [0.3, 0.4) is 0 Å². The van der Waals surface area contributed by atoms with Crippen LogP contribution in [0.4, 0.5) is 0 Å². The zero-order chi connectivity index (χ0) is 6.57. The SMILES string of the molecule is N#C[C@H](O)[C@H](Br)CBr. The van der Waals surface area contributed by atoms with Crippen LogP contribution in [0.5, 0.6) is 0 Å². The van der Waals surface area contributed by atoms with Crippen LogP contribution < -0.4 is 0 Å². The molecule has 4 heteroatoms. The second kappa shape index (κ2) is 4.30. The molecule has 1 N–H and O–H groups in total. The average molecular weight is 243 g/mol. The van der Waals surface area contributed by atoms with Gasteiger partial charge >= 0.3 is 0 Å². The first kappa shape index (κ1) is 8.41. The summed E-state index contributed by atoms with van der Waals surface area (Å²) in [5.41, 5.74) is 0. The van der Waals surface area contributed by atoms with Crippen LogP contribution in [0.25, 0.3) is 0 Å². The van der Waals surface area contributed by atoms with Gasteiger partial charge in [0.2, 0.25) is 0 Å². The fourth-order valence-electron chi connectivity index (χ4n) is 0.165. The Morgan fingerprint density at radius 2 is 2.25 bits per heavy atom. The zero-order valence-electron chi connectivity index (χ0n) is 4.01. The number of rotatable bonds is 2. The normalized spacial score (nSPS) is 16.8. The topological polar surface area (TPSA) is 44.0 Å². The monoisotopic (exact) mass is 241 g/mol. The Hall–Kier alpha value is 0.410. The van der Waals surface area contributed by atoms with Crippen molar-refractivity contribution in [2.24, 2.45) is 0 Å². The van der Waals surface area contributed by atoms with Gasteiger partial charge in [-0.2, -0.15) is 5.26 Å². The van der Waals surface area contributed by atoms with Crippen LogP contribution in [0.15, 0.2) is 0 Å². The summed E-state index contributed by atoms with van der Waals surface area (Å²) in [6, 6.07) is 1.69. The maximum Gasteiger partial charge on any atom is 0.153 e. The van der Waals surface area contributed by atoms with Gasteiger partial charge in [-0.05, 0) is 0 Å². The summed E-state index contributed by atoms with van der Waals surface area (Å²) in [5, 5.41) is 17.4. The summed E-state index contributed by atoms with van der Waals surface area (Å²) in [6.45, 7) is 0. The number of nitrogens with zero attached hydrogens (tertiary/aromatic N) is 1. The molecule has 0 spiro atoms. The van der Waals surface area contributed by atoms with Gasteiger partial charge in [-0.3, -0.25) is 0 Å². The number of halogens is 2. The fourth-order valence-corrected chi connectivity index (χ4v) is 0.638. The number of hydrogen-bond acceptors (Lipinski definition) is 2. The zero-order valence-corrected chi connectivity index (χ0v) is 7.18. The number of hydrogen-bond donors (Lipinski definition) is 1. The fraction of sp³-hybridized carbons (Fsp3) is 0.750. The van der Waals surface area contributed by atoms with Gasteiger partial charge in [-0.15, -0.1) is 0 Å². The van der Waals surface area contributed by atoms with Crippen molar-refractivity contribution in [1.29, 1.82) is 5.26 Å². The highest BCUT2D eigenvalue weighted by Gasteiger charge is 2.11. The van der Waals surface area contributed by atoms with Gasteiger partial charge in [0.1, 0.15) is 0 Å². The van der Waals surface area contributed by atoms with Gasteiger partial charge in [0, 0.05) is 5.33 Å². The second-order valence-electron chi connectivity index (χ2n) is 1.24. The lowest BCUT2D eigenvalue weighted by atomic mass is 10.3. The minimum Gasteiger partial charge on any atom is -0.377 e. The lowest BCUT2D eigenvalue weighted by Crippen LogP contribution is -2.18. The minimum absolute atomic E-state index is 0.160. The number of aliphatic hydroxyl groups is 1. The van der Waals surface area contributed by atoms with Gasteiger partial charge in [-0.25, -0.2) is 0 Å². The van der Waals surface area contributed by atoms with E-state index in [-0.39, 0.29) is 4.83 Å². The van der Waals surface area contributed by atoms with Crippen LogP contribution in [0.2, 0.25) is 0 Å². The highest BCUT2D eigenvalue weighted by atomic mass is 79.9. The summed E-state index contributed by atoms with van der Waals surface area (Å²) in [7, 11) is 0. The number of alkyl halides is 2. The Kier molecular flexibility index (Phi) is 4.53. The number of aliphatic hydroxyl groups excluding tert-OH is 1. The van der Waals surface area contributed by atoms with Crippen LogP contribution in [-0.4, -0.2) is 21.4 Å². The van der Waals surface area contributed by atoms with Crippen molar-refractivity contribution in [1.82, 2.24) is 0 Å². The lowest BCUT2D eigenvalue weighted by Gasteiger charge is -2.03. The highest BCUT2D eigenvalue weighted by molar-refractivity contribution is 9.12. The standard InChI is InChI=1S/C4H5Br2NO/c5-1-3(6)4(8)2-7/h3-4,8H,1H2/t3-,4+/m1/s1. The molecule has 0 heterocycles. The first-order chi connectivity index (χ1) is 3.72. The largest absolute Gasteiger partial charge is 0.377 e. The van der Waals surface area contributed by atoms with E-state index in [4.69, 9.17) is 10.4 Å². The molecule has 0 saturated carbocycles. The molecule has 0 aromatic heterocycles. The second-order valence-corrected chi connectivity index (χ2v) is 3.07. The van der Waals surface area contributed by atoms with E-state index in [0.29, 0.717) is 5.33 Å². The summed E-state index contributed by atoms with van der Waals surface area (Å²) < 4.78 is 0. The molecule has 0 saturated heterocycles. The van der Waals surface area contributed by atoms with Crippen LogP contribution in [0, 0.1) is 11.3 Å². The molecule has 0 radical (unpaired) electrons. The Morgan fingerprint density at radius 3 is 2.38 bits per heavy atom. The van der Waals surface area contributed by atoms with E-state index < -0.39 is 6.10 Å². The van der Waals surface area contributed by atoms with Gasteiger partial charge in [-0.1, -0.05) is 31.9 Å². The maximum absolute atomic E-state index is 8.69. The van der Waals surface area contributed by atoms with E-state index in [2.05, 4.69) is 31.9 Å². The highest BCUT2D eigenvalue weighted by Crippen LogP contribution is 2.07. The molecule has 0 amide bonds. The van der Waals surface area contributed by atoms with E-state index >= 15 is 0 Å². The third-order valence-electron chi connectivity index (χ3n) is 0.622. The Balaban J connectivity index is 3.49. The van der Waals surface area contributed by atoms with Crippen LogP contribution in [-0.2, 0) is 0 Å². The molecule has 0 aliphatic heterocycles. The molecule has 8 heavy (non-hydrogen) atoms. The van der Waals surface area contributed by atoms with Gasteiger partial charge in [0.15, 0.2) is 6.10 Å². The molecule has 0 aliphatic rings. The van der Waals surface area contributed by atoms with E-state index in [0.717, 1.165) is 0 Å². The predicted octanol–water partition coefficient (Wildman–Crippen LogP) is 1.03. The quantitative estimate of drug-likeness (QED) is 0.581. The molecule has 46 valence electrons. The summed E-state index contributed by atoms with van der Waals surface area (Å²) >= 11 is 6.18. The Morgan fingerprint density at radius 1 is 1.75 bits per heavy atom. The first-order valence-corrected chi connectivity index (χ1v) is 4.03. The molecule has 0 unspecified atom stereocenters. The predicted molar refractivity (Wildman–Crippen MR) is 38.1 cm³/mol. The molecular formula is C4H5Br2NO. The smallest absolute Gasteiger partial charge is 0.153 e. The van der Waals surface area contributed by atoms with Crippen molar-refractivity contribution in [2.45, 2.75) is 10.9 Å². The molecule has 0 aromatic rings. The molecule has 2 nitrogen and oxygen atoms in total. The molecule has 0 bridgehead atoms. The van der Waals surface area contributed by atoms with Crippen LogP contribution >= 0.6 is 31.9 Å². The summed E-state index contributed by atoms with van der Waals surface area (Å²) in [6.07, 6.45) is -0.908. The lowest BCUT2D eigenvalue weighted by molar-refractivity contribution is 0.235. The van der Waals surface area contributed by atoms with Crippen molar-refractivity contribution in [3.63, 3.8) is 0 Å². The van der Waals surface area contributed by atoms with Crippen molar-refractivity contribution in [2.75, 3.05) is 5.33 Å². The van der Waals surface area contributed by atoms with Crippen LogP contribution in [0.1, 0.15) is 0 Å².